The molecule has 82 valence electrons. The van der Waals surface area contributed by atoms with Gasteiger partial charge in [-0.05, 0) is 16.5 Å². The highest BCUT2D eigenvalue weighted by atomic mass is 33.1. The Bertz CT molecular complexity index is 275. The summed E-state index contributed by atoms with van der Waals surface area (Å²) in [7, 11) is 3.76. The van der Waals surface area contributed by atoms with Crippen molar-refractivity contribution < 1.29 is 4.74 Å². The molecule has 0 aromatic heterocycles. The van der Waals surface area contributed by atoms with Gasteiger partial charge in [0, 0.05) is 18.8 Å². The van der Waals surface area contributed by atoms with Crippen molar-refractivity contribution in [3.8, 4) is 0 Å². The molecule has 0 N–H and O–H groups in total. The second-order valence-corrected chi connectivity index (χ2v) is 5.71. The van der Waals surface area contributed by atoms with Gasteiger partial charge in [-0.3, -0.25) is 0 Å². The van der Waals surface area contributed by atoms with Crippen LogP contribution < -0.4 is 0 Å². The maximum atomic E-state index is 5.30. The van der Waals surface area contributed by atoms with Crippen molar-refractivity contribution in [2.24, 2.45) is 0 Å². The largest absolute Gasteiger partial charge is 0.379 e. The van der Waals surface area contributed by atoms with E-state index in [0.29, 0.717) is 0 Å². The summed E-state index contributed by atoms with van der Waals surface area (Å²) < 4.78 is 7.67. The lowest BCUT2D eigenvalue weighted by atomic mass is 10.2. The summed E-state index contributed by atoms with van der Waals surface area (Å²) in [6.45, 7) is 3.84. The predicted molar refractivity (Wildman–Crippen MR) is 67.7 cm³/mol. The van der Waals surface area contributed by atoms with Crippen LogP contribution in [-0.2, 0) is 10.5 Å². The van der Waals surface area contributed by atoms with Crippen LogP contribution in [0, 0.1) is 0 Å². The van der Waals surface area contributed by atoms with Gasteiger partial charge in [0.1, 0.15) is 0 Å². The minimum Gasteiger partial charge on any atom is -0.379 e. The topological polar surface area (TPSA) is 12.5 Å². The summed E-state index contributed by atoms with van der Waals surface area (Å²) in [4.78, 5) is 0. The van der Waals surface area contributed by atoms with Crippen LogP contribution in [0.15, 0.2) is 30.3 Å². The van der Waals surface area contributed by atoms with E-state index in [1.165, 1.54) is 5.56 Å². The average molecular weight is 241 g/mol. The van der Waals surface area contributed by atoms with Gasteiger partial charge in [0.2, 0.25) is 0 Å². The number of benzene rings is 1. The van der Waals surface area contributed by atoms with Crippen LogP contribution in [0.2, 0.25) is 0 Å². The molecule has 15 heavy (non-hydrogen) atoms. The van der Waals surface area contributed by atoms with Gasteiger partial charge in [0.15, 0.2) is 0 Å². The average Bonchev–Trinajstić information content (AvgIpc) is 2.32. The maximum absolute atomic E-state index is 5.30. The molecule has 2 nitrogen and oxygen atoms in total. The lowest BCUT2D eigenvalue weighted by Crippen LogP contribution is -2.30. The smallest absolute Gasteiger partial charge is 0.0603 e. The third-order valence-electron chi connectivity index (χ3n) is 2.20. The van der Waals surface area contributed by atoms with E-state index in [1.807, 2.05) is 21.8 Å². The molecule has 0 unspecified atom stereocenters. The van der Waals surface area contributed by atoms with Gasteiger partial charge >= 0.3 is 0 Å². The van der Waals surface area contributed by atoms with E-state index in [-0.39, 0.29) is 0 Å². The van der Waals surface area contributed by atoms with Gasteiger partial charge in [-0.2, -0.15) is 0 Å². The predicted octanol–water partition coefficient (Wildman–Crippen LogP) is 2.82. The molecular weight excluding hydrogens is 226 g/mol. The van der Waals surface area contributed by atoms with Gasteiger partial charge in [0.25, 0.3) is 0 Å². The summed E-state index contributed by atoms with van der Waals surface area (Å²) in [5.41, 5.74) is 1.39. The second-order valence-electron chi connectivity index (χ2n) is 3.36. The van der Waals surface area contributed by atoms with Crippen LogP contribution in [-0.4, -0.2) is 30.6 Å². The first kappa shape index (κ1) is 11.3. The van der Waals surface area contributed by atoms with Crippen molar-refractivity contribution in [1.29, 1.82) is 0 Å². The number of ether oxygens (including phenoxy) is 1. The van der Waals surface area contributed by atoms with Gasteiger partial charge in [-0.1, -0.05) is 41.1 Å². The van der Waals surface area contributed by atoms with E-state index < -0.39 is 0 Å². The zero-order valence-electron chi connectivity index (χ0n) is 8.59. The molecule has 0 bridgehead atoms. The normalized spacial score (nSPS) is 17.9. The van der Waals surface area contributed by atoms with Crippen molar-refractivity contribution in [2.75, 3.05) is 26.3 Å². The molecule has 1 heterocycles. The van der Waals surface area contributed by atoms with Crippen molar-refractivity contribution in [1.82, 2.24) is 4.31 Å². The van der Waals surface area contributed by atoms with Crippen molar-refractivity contribution in [3.63, 3.8) is 0 Å². The first-order chi connectivity index (χ1) is 7.45. The highest BCUT2D eigenvalue weighted by Crippen LogP contribution is 2.29. The molecule has 1 saturated heterocycles. The summed E-state index contributed by atoms with van der Waals surface area (Å²) in [5, 5.41) is 0. The number of rotatable bonds is 4. The van der Waals surface area contributed by atoms with Gasteiger partial charge in [-0.15, -0.1) is 0 Å². The summed E-state index contributed by atoms with van der Waals surface area (Å²) in [5.74, 6) is 1.07. The Labute approximate surface area is 98.9 Å². The first-order valence-electron chi connectivity index (χ1n) is 5.11. The van der Waals surface area contributed by atoms with Crippen LogP contribution in [0.25, 0.3) is 0 Å². The van der Waals surface area contributed by atoms with E-state index in [4.69, 9.17) is 4.74 Å². The molecule has 1 aromatic rings. The molecule has 0 amide bonds. The van der Waals surface area contributed by atoms with E-state index in [1.54, 1.807) is 0 Å². The van der Waals surface area contributed by atoms with Crippen molar-refractivity contribution in [2.45, 2.75) is 5.75 Å². The van der Waals surface area contributed by atoms with E-state index in [0.717, 1.165) is 32.1 Å². The molecule has 0 aliphatic carbocycles. The fourth-order valence-electron chi connectivity index (χ4n) is 1.36. The molecule has 0 atom stereocenters. The second kappa shape index (κ2) is 6.43. The molecule has 1 aromatic carbocycles. The van der Waals surface area contributed by atoms with Crippen LogP contribution in [0.4, 0.5) is 0 Å². The Morgan fingerprint density at radius 1 is 1.13 bits per heavy atom. The zero-order valence-corrected chi connectivity index (χ0v) is 10.2. The van der Waals surface area contributed by atoms with E-state index in [2.05, 4.69) is 34.6 Å². The minimum atomic E-state index is 0.874. The molecule has 1 aliphatic heterocycles. The van der Waals surface area contributed by atoms with Gasteiger partial charge in [0.05, 0.1) is 13.2 Å². The number of nitrogens with zero attached hydrogens (tertiary/aromatic N) is 1. The third kappa shape index (κ3) is 4.07. The minimum absolute atomic E-state index is 0.874. The SMILES string of the molecule is c1ccc(CSSN2CCOCC2)cc1. The Balaban J connectivity index is 1.66. The summed E-state index contributed by atoms with van der Waals surface area (Å²) in [6.07, 6.45) is 0. The standard InChI is InChI=1S/C11H15NOS2/c1-2-4-11(5-3-1)10-14-15-12-6-8-13-9-7-12/h1-5H,6-10H2. The molecule has 2 rings (SSSR count). The summed E-state index contributed by atoms with van der Waals surface area (Å²) in [6, 6.07) is 10.6. The number of hydrogen-bond donors (Lipinski definition) is 0. The first-order valence-corrected chi connectivity index (χ1v) is 7.39. The zero-order chi connectivity index (χ0) is 10.3. The van der Waals surface area contributed by atoms with Crippen molar-refractivity contribution >= 4 is 21.8 Å². The van der Waals surface area contributed by atoms with Crippen LogP contribution in [0.3, 0.4) is 0 Å². The highest BCUT2D eigenvalue weighted by Gasteiger charge is 2.10. The number of morpholine rings is 1. The van der Waals surface area contributed by atoms with Gasteiger partial charge in [-0.25, -0.2) is 4.31 Å². The fraction of sp³-hybridized carbons (Fsp3) is 0.455. The Kier molecular flexibility index (Phi) is 4.86. The third-order valence-corrected chi connectivity index (χ3v) is 4.63. The molecule has 0 saturated carbocycles. The monoisotopic (exact) mass is 241 g/mol. The molecule has 0 radical (unpaired) electrons. The summed E-state index contributed by atoms with van der Waals surface area (Å²) >= 11 is 0. The van der Waals surface area contributed by atoms with Gasteiger partial charge < -0.3 is 4.74 Å². The Morgan fingerprint density at radius 3 is 2.60 bits per heavy atom. The quantitative estimate of drug-likeness (QED) is 0.593. The van der Waals surface area contributed by atoms with Crippen LogP contribution >= 0.6 is 21.8 Å². The molecule has 1 fully saturated rings. The highest BCUT2D eigenvalue weighted by molar-refractivity contribution is 8.75. The number of hydrogen-bond acceptors (Lipinski definition) is 4. The van der Waals surface area contributed by atoms with Crippen LogP contribution in [0.1, 0.15) is 5.56 Å². The van der Waals surface area contributed by atoms with Crippen LogP contribution in [0.5, 0.6) is 0 Å². The molecule has 0 spiro atoms. The van der Waals surface area contributed by atoms with E-state index in [9.17, 15) is 0 Å². The Morgan fingerprint density at radius 2 is 1.87 bits per heavy atom. The fourth-order valence-corrected chi connectivity index (χ4v) is 3.65. The van der Waals surface area contributed by atoms with E-state index >= 15 is 0 Å². The van der Waals surface area contributed by atoms with Crippen molar-refractivity contribution in [3.05, 3.63) is 35.9 Å². The Hall–Kier alpha value is -0.160. The lowest BCUT2D eigenvalue weighted by molar-refractivity contribution is 0.0779. The molecule has 4 heteroatoms. The molecule has 1 aliphatic rings. The molecular formula is C11H15NOS2. The lowest BCUT2D eigenvalue weighted by Gasteiger charge is -2.24. The maximum Gasteiger partial charge on any atom is 0.0603 e.